The number of nitrogens with one attached hydrogen (secondary N) is 1. The summed E-state index contributed by atoms with van der Waals surface area (Å²) < 4.78 is 5.57. The first-order valence-electron chi connectivity index (χ1n) is 7.56. The molecule has 23 heavy (non-hydrogen) atoms. The van der Waals surface area contributed by atoms with Gasteiger partial charge in [0.05, 0.1) is 0 Å². The molecule has 1 heterocycles. The van der Waals surface area contributed by atoms with E-state index in [1.807, 2.05) is 68.4 Å². The van der Waals surface area contributed by atoms with E-state index in [9.17, 15) is 4.79 Å². The Hall–Kier alpha value is -2.88. The van der Waals surface area contributed by atoms with E-state index in [-0.39, 0.29) is 11.8 Å². The van der Waals surface area contributed by atoms with Crippen LogP contribution in [0, 0.1) is 5.92 Å². The van der Waals surface area contributed by atoms with Crippen LogP contribution < -0.4 is 5.32 Å². The van der Waals surface area contributed by atoms with Crippen molar-refractivity contribution in [1.82, 2.24) is 4.98 Å². The molecule has 0 spiro atoms. The highest BCUT2D eigenvalue weighted by molar-refractivity contribution is 5.92. The van der Waals surface area contributed by atoms with Gasteiger partial charge in [-0.1, -0.05) is 44.2 Å². The number of rotatable bonds is 4. The summed E-state index contributed by atoms with van der Waals surface area (Å²) in [4.78, 5) is 16.2. The first-order valence-corrected chi connectivity index (χ1v) is 7.56. The van der Waals surface area contributed by atoms with Gasteiger partial charge in [-0.3, -0.25) is 4.79 Å². The molecule has 0 bridgehead atoms. The fraction of sp³-hybridized carbons (Fsp3) is 0.158. The molecule has 2 aromatic carbocycles. The number of carbonyl (C=O) groups excluding carboxylic acids is 1. The molecule has 0 fully saturated rings. The summed E-state index contributed by atoms with van der Waals surface area (Å²) in [5.41, 5.74) is 3.46. The summed E-state index contributed by atoms with van der Waals surface area (Å²) in [7, 11) is 0. The van der Waals surface area contributed by atoms with Crippen molar-refractivity contribution < 1.29 is 9.21 Å². The highest BCUT2D eigenvalue weighted by Crippen LogP contribution is 2.25. The van der Waals surface area contributed by atoms with Crippen LogP contribution >= 0.6 is 0 Å². The van der Waals surface area contributed by atoms with Gasteiger partial charge in [-0.05, 0) is 24.3 Å². The van der Waals surface area contributed by atoms with Crippen molar-refractivity contribution in [2.45, 2.75) is 13.8 Å². The summed E-state index contributed by atoms with van der Waals surface area (Å²) in [6.45, 7) is 3.73. The largest absolute Gasteiger partial charge is 0.444 e. The molecule has 0 saturated carbocycles. The highest BCUT2D eigenvalue weighted by Gasteiger charge is 2.10. The van der Waals surface area contributed by atoms with Gasteiger partial charge in [0.2, 0.25) is 11.8 Å². The molecule has 1 aromatic heterocycles. The van der Waals surface area contributed by atoms with Crippen molar-refractivity contribution >= 4 is 11.6 Å². The maximum atomic E-state index is 11.7. The molecule has 116 valence electrons. The first-order chi connectivity index (χ1) is 11.1. The van der Waals surface area contributed by atoms with Gasteiger partial charge in [-0.25, -0.2) is 4.98 Å². The zero-order chi connectivity index (χ0) is 16.2. The third-order valence-corrected chi connectivity index (χ3v) is 3.50. The van der Waals surface area contributed by atoms with E-state index in [1.54, 1.807) is 6.26 Å². The Labute approximate surface area is 135 Å². The van der Waals surface area contributed by atoms with E-state index in [2.05, 4.69) is 10.3 Å². The standard InChI is InChI=1S/C19H18N2O2/c1-13(2)18(22)20-16-10-8-15(9-11-16)19-21-17(12-23-19)14-6-4-3-5-7-14/h3-13H,1-2H3,(H,20,22). The van der Waals surface area contributed by atoms with Crippen molar-refractivity contribution in [1.29, 1.82) is 0 Å². The van der Waals surface area contributed by atoms with Crippen LogP contribution in [0.1, 0.15) is 13.8 Å². The summed E-state index contributed by atoms with van der Waals surface area (Å²) in [6, 6.07) is 17.4. The lowest BCUT2D eigenvalue weighted by Gasteiger charge is -2.07. The van der Waals surface area contributed by atoms with Crippen LogP contribution in [0.2, 0.25) is 0 Å². The second kappa shape index (κ2) is 6.48. The lowest BCUT2D eigenvalue weighted by Crippen LogP contribution is -2.17. The predicted molar refractivity (Wildman–Crippen MR) is 90.8 cm³/mol. The lowest BCUT2D eigenvalue weighted by atomic mass is 10.1. The van der Waals surface area contributed by atoms with Gasteiger partial charge < -0.3 is 9.73 Å². The molecule has 1 N–H and O–H groups in total. The zero-order valence-electron chi connectivity index (χ0n) is 13.1. The second-order valence-corrected chi connectivity index (χ2v) is 5.63. The Kier molecular flexibility index (Phi) is 4.24. The maximum Gasteiger partial charge on any atom is 0.226 e. The molecular formula is C19H18N2O2. The Bertz CT molecular complexity index is 790. The highest BCUT2D eigenvalue weighted by atomic mass is 16.3. The van der Waals surface area contributed by atoms with Crippen LogP contribution in [0.25, 0.3) is 22.7 Å². The van der Waals surface area contributed by atoms with Crippen molar-refractivity contribution in [3.8, 4) is 22.7 Å². The molecule has 0 aliphatic rings. The topological polar surface area (TPSA) is 55.1 Å². The minimum absolute atomic E-state index is 0.000220. The fourth-order valence-electron chi connectivity index (χ4n) is 2.13. The number of amides is 1. The number of hydrogen-bond donors (Lipinski definition) is 1. The monoisotopic (exact) mass is 306 g/mol. The summed E-state index contributed by atoms with van der Waals surface area (Å²) in [6.07, 6.45) is 1.65. The summed E-state index contributed by atoms with van der Waals surface area (Å²) in [5, 5.41) is 2.86. The van der Waals surface area contributed by atoms with Gasteiger partial charge in [-0.15, -0.1) is 0 Å². The molecule has 0 aliphatic heterocycles. The number of nitrogens with zero attached hydrogens (tertiary/aromatic N) is 1. The maximum absolute atomic E-state index is 11.7. The summed E-state index contributed by atoms with van der Waals surface area (Å²) in [5.74, 6) is 0.515. The number of carbonyl (C=O) groups is 1. The van der Waals surface area contributed by atoms with E-state index < -0.39 is 0 Å². The van der Waals surface area contributed by atoms with Crippen molar-refractivity contribution in [3.05, 3.63) is 60.9 Å². The molecular weight excluding hydrogens is 288 g/mol. The number of hydrogen-bond acceptors (Lipinski definition) is 3. The van der Waals surface area contributed by atoms with Gasteiger partial charge in [0, 0.05) is 22.7 Å². The summed E-state index contributed by atoms with van der Waals surface area (Å²) >= 11 is 0. The van der Waals surface area contributed by atoms with Crippen molar-refractivity contribution in [2.75, 3.05) is 5.32 Å². The van der Waals surface area contributed by atoms with Crippen LogP contribution in [0.15, 0.2) is 65.3 Å². The Morgan fingerprint density at radius 1 is 1.00 bits per heavy atom. The van der Waals surface area contributed by atoms with Gasteiger partial charge in [-0.2, -0.15) is 0 Å². The average molecular weight is 306 g/mol. The van der Waals surface area contributed by atoms with E-state index >= 15 is 0 Å². The van der Waals surface area contributed by atoms with Crippen LogP contribution in [-0.2, 0) is 4.79 Å². The molecule has 0 saturated heterocycles. The zero-order valence-corrected chi connectivity index (χ0v) is 13.1. The number of oxazole rings is 1. The molecule has 3 rings (SSSR count). The quantitative estimate of drug-likeness (QED) is 0.766. The fourth-order valence-corrected chi connectivity index (χ4v) is 2.13. The third-order valence-electron chi connectivity index (χ3n) is 3.50. The van der Waals surface area contributed by atoms with Crippen LogP contribution in [0.5, 0.6) is 0 Å². The lowest BCUT2D eigenvalue weighted by molar-refractivity contribution is -0.118. The molecule has 0 unspecified atom stereocenters. The number of anilines is 1. The van der Waals surface area contributed by atoms with Crippen LogP contribution in [0.3, 0.4) is 0 Å². The van der Waals surface area contributed by atoms with Crippen molar-refractivity contribution in [3.63, 3.8) is 0 Å². The van der Waals surface area contributed by atoms with Crippen molar-refractivity contribution in [2.24, 2.45) is 5.92 Å². The molecule has 4 heteroatoms. The first kappa shape index (κ1) is 15.0. The van der Waals surface area contributed by atoms with Gasteiger partial charge in [0.15, 0.2) is 0 Å². The normalized spacial score (nSPS) is 10.7. The Morgan fingerprint density at radius 3 is 2.35 bits per heavy atom. The molecule has 0 atom stereocenters. The predicted octanol–water partition coefficient (Wildman–Crippen LogP) is 4.60. The minimum atomic E-state index is -0.0464. The van der Waals surface area contributed by atoms with Gasteiger partial charge in [0.25, 0.3) is 0 Å². The Balaban J connectivity index is 1.78. The van der Waals surface area contributed by atoms with Gasteiger partial charge >= 0.3 is 0 Å². The van der Waals surface area contributed by atoms with E-state index in [0.717, 1.165) is 22.5 Å². The molecule has 0 aliphatic carbocycles. The van der Waals surface area contributed by atoms with E-state index in [4.69, 9.17) is 4.42 Å². The smallest absolute Gasteiger partial charge is 0.226 e. The molecule has 1 amide bonds. The minimum Gasteiger partial charge on any atom is -0.444 e. The van der Waals surface area contributed by atoms with Crippen LogP contribution in [0.4, 0.5) is 5.69 Å². The number of aromatic nitrogens is 1. The SMILES string of the molecule is CC(C)C(=O)Nc1ccc(-c2nc(-c3ccccc3)co2)cc1. The van der Waals surface area contributed by atoms with Crippen LogP contribution in [-0.4, -0.2) is 10.9 Å². The van der Waals surface area contributed by atoms with Gasteiger partial charge in [0.1, 0.15) is 12.0 Å². The van der Waals surface area contributed by atoms with E-state index in [0.29, 0.717) is 5.89 Å². The molecule has 3 aromatic rings. The molecule has 0 radical (unpaired) electrons. The molecule has 4 nitrogen and oxygen atoms in total. The third kappa shape index (κ3) is 3.48. The number of benzene rings is 2. The Morgan fingerprint density at radius 2 is 1.70 bits per heavy atom. The van der Waals surface area contributed by atoms with E-state index in [1.165, 1.54) is 0 Å². The average Bonchev–Trinajstić information content (AvgIpc) is 3.06. The second-order valence-electron chi connectivity index (χ2n) is 5.63.